The van der Waals surface area contributed by atoms with Gasteiger partial charge in [0.05, 0.1) is 30.5 Å². The standard InChI is InChI=1S/C21H27N5O3S.ClH/c1-4-26-15(2)13-18(23-26)20(27)25(8-7-24-9-11-29-12-10-24)21-22-17-14-16(28-3)5-6-19(17)30-21;/h5-6,13-14H,4,7-12H2,1-3H3;1H. The predicted molar refractivity (Wildman–Crippen MR) is 125 cm³/mol. The minimum Gasteiger partial charge on any atom is -0.497 e. The fourth-order valence-electron chi connectivity index (χ4n) is 3.56. The molecule has 3 aromatic rings. The number of benzene rings is 1. The second kappa shape index (κ2) is 10.4. The van der Waals surface area contributed by atoms with E-state index in [0.717, 1.165) is 61.1 Å². The fraction of sp³-hybridized carbons (Fsp3) is 0.476. The summed E-state index contributed by atoms with van der Waals surface area (Å²) in [5.74, 6) is 0.632. The minimum atomic E-state index is -0.121. The predicted octanol–water partition coefficient (Wildman–Crippen LogP) is 3.23. The molecule has 8 nitrogen and oxygen atoms in total. The van der Waals surface area contributed by atoms with Crippen molar-refractivity contribution in [2.24, 2.45) is 0 Å². The summed E-state index contributed by atoms with van der Waals surface area (Å²) in [6, 6.07) is 7.65. The summed E-state index contributed by atoms with van der Waals surface area (Å²) in [5.41, 5.74) is 2.25. The molecule has 0 atom stereocenters. The topological polar surface area (TPSA) is 72.7 Å². The maximum atomic E-state index is 13.4. The molecular formula is C21H28ClN5O3S. The van der Waals surface area contributed by atoms with Crippen LogP contribution in [-0.2, 0) is 11.3 Å². The van der Waals surface area contributed by atoms with Crippen molar-refractivity contribution in [3.63, 3.8) is 0 Å². The Bertz CT molecular complexity index is 1030. The number of hydrogen-bond acceptors (Lipinski definition) is 7. The first-order valence-corrected chi connectivity index (χ1v) is 11.0. The van der Waals surface area contributed by atoms with E-state index in [0.29, 0.717) is 17.4 Å². The Labute approximate surface area is 192 Å². The zero-order chi connectivity index (χ0) is 21.1. The van der Waals surface area contributed by atoms with E-state index in [2.05, 4.69) is 10.00 Å². The van der Waals surface area contributed by atoms with E-state index >= 15 is 0 Å². The van der Waals surface area contributed by atoms with Crippen LogP contribution in [0.4, 0.5) is 5.13 Å². The van der Waals surface area contributed by atoms with Crippen LogP contribution in [0.3, 0.4) is 0 Å². The third-order valence-corrected chi connectivity index (χ3v) is 6.36. The Morgan fingerprint density at radius 2 is 2.06 bits per heavy atom. The molecule has 0 bridgehead atoms. The van der Waals surface area contributed by atoms with Crippen molar-refractivity contribution in [1.29, 1.82) is 0 Å². The molecule has 0 saturated carbocycles. The van der Waals surface area contributed by atoms with Gasteiger partial charge < -0.3 is 9.47 Å². The maximum Gasteiger partial charge on any atom is 0.280 e. The van der Waals surface area contributed by atoms with Crippen LogP contribution in [0.5, 0.6) is 5.75 Å². The summed E-state index contributed by atoms with van der Waals surface area (Å²) in [5, 5.41) is 5.18. The van der Waals surface area contributed by atoms with Gasteiger partial charge in [0, 0.05) is 44.5 Å². The number of thiazole rings is 1. The summed E-state index contributed by atoms with van der Waals surface area (Å²) in [4.78, 5) is 22.3. The molecule has 0 spiro atoms. The van der Waals surface area contributed by atoms with Gasteiger partial charge in [-0.2, -0.15) is 5.10 Å². The molecule has 0 radical (unpaired) electrons. The van der Waals surface area contributed by atoms with Crippen molar-refractivity contribution in [3.05, 3.63) is 35.7 Å². The quantitative estimate of drug-likeness (QED) is 0.533. The van der Waals surface area contributed by atoms with Crippen molar-refractivity contribution >= 4 is 45.0 Å². The number of carbonyl (C=O) groups is 1. The summed E-state index contributed by atoms with van der Waals surface area (Å²) < 4.78 is 13.6. The van der Waals surface area contributed by atoms with E-state index in [1.54, 1.807) is 12.0 Å². The second-order valence-corrected chi connectivity index (χ2v) is 8.24. The Kier molecular flexibility index (Phi) is 7.88. The molecule has 1 aliphatic rings. The van der Waals surface area contributed by atoms with E-state index in [-0.39, 0.29) is 18.3 Å². The molecule has 1 fully saturated rings. The van der Waals surface area contributed by atoms with Crippen LogP contribution in [0.2, 0.25) is 0 Å². The van der Waals surface area contributed by atoms with Crippen LogP contribution >= 0.6 is 23.7 Å². The van der Waals surface area contributed by atoms with E-state index in [4.69, 9.17) is 14.5 Å². The number of hydrogen-bond donors (Lipinski definition) is 0. The van der Waals surface area contributed by atoms with Gasteiger partial charge in [0.25, 0.3) is 5.91 Å². The SMILES string of the molecule is CCn1nc(C(=O)N(CCN2CCOCC2)c2nc3cc(OC)ccc3s2)cc1C.Cl. The lowest BCUT2D eigenvalue weighted by Crippen LogP contribution is -2.43. The number of morpholine rings is 1. The van der Waals surface area contributed by atoms with E-state index < -0.39 is 0 Å². The lowest BCUT2D eigenvalue weighted by molar-refractivity contribution is 0.0391. The van der Waals surface area contributed by atoms with Crippen LogP contribution < -0.4 is 9.64 Å². The van der Waals surface area contributed by atoms with Crippen molar-refractivity contribution in [2.75, 3.05) is 51.4 Å². The average molecular weight is 466 g/mol. The van der Waals surface area contributed by atoms with Gasteiger partial charge >= 0.3 is 0 Å². The number of aryl methyl sites for hydroxylation is 2. The first-order chi connectivity index (χ1) is 14.6. The van der Waals surface area contributed by atoms with Crippen molar-refractivity contribution in [3.8, 4) is 5.75 Å². The van der Waals surface area contributed by atoms with Crippen LogP contribution in [0.15, 0.2) is 24.3 Å². The van der Waals surface area contributed by atoms with Gasteiger partial charge in [-0.05, 0) is 32.0 Å². The highest BCUT2D eigenvalue weighted by Crippen LogP contribution is 2.32. The number of anilines is 1. The number of ether oxygens (including phenoxy) is 2. The van der Waals surface area contributed by atoms with Crippen molar-refractivity contribution in [1.82, 2.24) is 19.7 Å². The highest BCUT2D eigenvalue weighted by Gasteiger charge is 2.25. The number of carbonyl (C=O) groups excluding carboxylic acids is 1. The molecule has 1 saturated heterocycles. The Balaban J connectivity index is 0.00000272. The molecule has 1 aliphatic heterocycles. The zero-order valence-corrected chi connectivity index (χ0v) is 19.7. The number of amides is 1. The first kappa shape index (κ1) is 23.5. The van der Waals surface area contributed by atoms with Crippen molar-refractivity contribution < 1.29 is 14.3 Å². The molecule has 168 valence electrons. The highest BCUT2D eigenvalue weighted by molar-refractivity contribution is 7.22. The largest absolute Gasteiger partial charge is 0.497 e. The van der Waals surface area contributed by atoms with E-state index in [1.807, 2.05) is 42.8 Å². The Hall–Kier alpha value is -2.20. The van der Waals surface area contributed by atoms with Gasteiger partial charge in [0.15, 0.2) is 10.8 Å². The smallest absolute Gasteiger partial charge is 0.280 e. The van der Waals surface area contributed by atoms with Crippen LogP contribution in [0.1, 0.15) is 23.1 Å². The molecule has 1 amide bonds. The lowest BCUT2D eigenvalue weighted by Gasteiger charge is -2.29. The highest BCUT2D eigenvalue weighted by atomic mass is 35.5. The molecule has 2 aromatic heterocycles. The Morgan fingerprint density at radius 3 is 2.74 bits per heavy atom. The van der Waals surface area contributed by atoms with Gasteiger partial charge in [0.1, 0.15) is 5.75 Å². The molecule has 31 heavy (non-hydrogen) atoms. The maximum absolute atomic E-state index is 13.4. The third kappa shape index (κ3) is 5.17. The van der Waals surface area contributed by atoms with Crippen molar-refractivity contribution in [2.45, 2.75) is 20.4 Å². The lowest BCUT2D eigenvalue weighted by atomic mass is 10.3. The molecule has 0 N–H and O–H groups in total. The van der Waals surface area contributed by atoms with Gasteiger partial charge in [-0.1, -0.05) is 11.3 Å². The molecule has 0 aliphatic carbocycles. The van der Waals surface area contributed by atoms with Gasteiger partial charge in [0.2, 0.25) is 0 Å². The number of rotatable bonds is 7. The van der Waals surface area contributed by atoms with Crippen LogP contribution in [0.25, 0.3) is 10.2 Å². The van der Waals surface area contributed by atoms with E-state index in [9.17, 15) is 4.79 Å². The number of halogens is 1. The monoisotopic (exact) mass is 465 g/mol. The molecule has 0 unspecified atom stereocenters. The summed E-state index contributed by atoms with van der Waals surface area (Å²) in [6.45, 7) is 9.25. The van der Waals surface area contributed by atoms with Gasteiger partial charge in [-0.25, -0.2) is 4.98 Å². The van der Waals surface area contributed by atoms with Crippen LogP contribution in [-0.4, -0.2) is 72.1 Å². The normalized spacial score (nSPS) is 14.4. The molecule has 4 rings (SSSR count). The number of fused-ring (bicyclic) bond motifs is 1. The average Bonchev–Trinajstić information content (AvgIpc) is 3.36. The van der Waals surface area contributed by atoms with Crippen LogP contribution in [0, 0.1) is 6.92 Å². The number of methoxy groups -OCH3 is 1. The summed E-state index contributed by atoms with van der Waals surface area (Å²) >= 11 is 1.51. The molecular weight excluding hydrogens is 438 g/mol. The fourth-order valence-corrected chi connectivity index (χ4v) is 4.53. The molecule has 3 heterocycles. The van der Waals surface area contributed by atoms with E-state index in [1.165, 1.54) is 11.3 Å². The number of aromatic nitrogens is 3. The zero-order valence-electron chi connectivity index (χ0n) is 18.0. The second-order valence-electron chi connectivity index (χ2n) is 7.23. The molecule has 1 aromatic carbocycles. The molecule has 10 heteroatoms. The Morgan fingerprint density at radius 1 is 1.29 bits per heavy atom. The first-order valence-electron chi connectivity index (χ1n) is 10.2. The van der Waals surface area contributed by atoms with Gasteiger partial charge in [-0.15, -0.1) is 12.4 Å². The van der Waals surface area contributed by atoms with Gasteiger partial charge in [-0.3, -0.25) is 19.3 Å². The minimum absolute atomic E-state index is 0. The number of nitrogens with zero attached hydrogens (tertiary/aromatic N) is 5. The third-order valence-electron chi connectivity index (χ3n) is 5.30. The summed E-state index contributed by atoms with van der Waals surface area (Å²) in [6.07, 6.45) is 0. The summed E-state index contributed by atoms with van der Waals surface area (Å²) in [7, 11) is 1.64.